The van der Waals surface area contributed by atoms with Gasteiger partial charge in [-0.3, -0.25) is 0 Å². The Hall–Kier alpha value is -1.42. The summed E-state index contributed by atoms with van der Waals surface area (Å²) in [5.74, 6) is 0.199. The Kier molecular flexibility index (Phi) is 2.45. The molecule has 0 amide bonds. The molecule has 0 aliphatic carbocycles. The number of aromatic nitrogens is 1. The fourth-order valence-electron chi connectivity index (χ4n) is 1.17. The van der Waals surface area contributed by atoms with E-state index in [1.807, 2.05) is 5.38 Å². The number of halogens is 1. The third-order valence-corrected chi connectivity index (χ3v) is 2.61. The predicted molar refractivity (Wildman–Crippen MR) is 54.1 cm³/mol. The molecule has 4 heteroatoms. The van der Waals surface area contributed by atoms with E-state index in [0.717, 1.165) is 10.6 Å². The number of nitrogens with zero attached hydrogens (tertiary/aromatic N) is 1. The summed E-state index contributed by atoms with van der Waals surface area (Å²) in [5.41, 5.74) is 0.747. The van der Waals surface area contributed by atoms with Gasteiger partial charge in [-0.25, -0.2) is 9.37 Å². The molecule has 1 heterocycles. The molecule has 0 spiro atoms. The van der Waals surface area contributed by atoms with Crippen LogP contribution in [-0.2, 0) is 0 Å². The summed E-state index contributed by atoms with van der Waals surface area (Å²) in [6.45, 7) is 0. The molecule has 1 aromatic carbocycles. The molecular weight excluding hydrogens is 201 g/mol. The number of benzene rings is 1. The zero-order valence-electron chi connectivity index (χ0n) is 7.53. The van der Waals surface area contributed by atoms with E-state index in [1.165, 1.54) is 30.6 Å². The molecule has 2 aromatic rings. The van der Waals surface area contributed by atoms with Crippen molar-refractivity contribution in [2.45, 2.75) is 0 Å². The van der Waals surface area contributed by atoms with Gasteiger partial charge in [-0.05, 0) is 12.1 Å². The average molecular weight is 209 g/mol. The van der Waals surface area contributed by atoms with Crippen molar-refractivity contribution in [1.29, 1.82) is 0 Å². The van der Waals surface area contributed by atoms with Gasteiger partial charge in [0, 0.05) is 23.2 Å². The minimum atomic E-state index is -0.311. The summed E-state index contributed by atoms with van der Waals surface area (Å²) in [4.78, 5) is 4.10. The first-order chi connectivity index (χ1) is 6.79. The number of hydrogen-bond acceptors (Lipinski definition) is 3. The molecule has 72 valence electrons. The molecule has 0 N–H and O–H groups in total. The molecule has 0 atom stereocenters. The van der Waals surface area contributed by atoms with Crippen LogP contribution in [0.2, 0.25) is 0 Å². The maximum absolute atomic E-state index is 13.1. The van der Waals surface area contributed by atoms with E-state index < -0.39 is 0 Å². The lowest BCUT2D eigenvalue weighted by Crippen LogP contribution is -1.86. The number of thiazole rings is 1. The Morgan fingerprint density at radius 1 is 1.36 bits per heavy atom. The van der Waals surface area contributed by atoms with E-state index in [4.69, 9.17) is 4.74 Å². The van der Waals surface area contributed by atoms with E-state index in [0.29, 0.717) is 5.75 Å². The fraction of sp³-hybridized carbons (Fsp3) is 0.100. The highest BCUT2D eigenvalue weighted by Crippen LogP contribution is 2.26. The van der Waals surface area contributed by atoms with Crippen LogP contribution >= 0.6 is 11.3 Å². The topological polar surface area (TPSA) is 22.1 Å². The average Bonchev–Trinajstić information content (AvgIpc) is 2.69. The summed E-state index contributed by atoms with van der Waals surface area (Å²) in [6, 6.07) is 4.56. The minimum Gasteiger partial charge on any atom is -0.497 e. The van der Waals surface area contributed by atoms with Crippen molar-refractivity contribution in [3.05, 3.63) is 35.6 Å². The van der Waals surface area contributed by atoms with E-state index in [1.54, 1.807) is 12.3 Å². The van der Waals surface area contributed by atoms with Crippen LogP contribution in [0.1, 0.15) is 0 Å². The van der Waals surface area contributed by atoms with Crippen molar-refractivity contribution in [3.8, 4) is 16.3 Å². The third-order valence-electron chi connectivity index (χ3n) is 1.79. The van der Waals surface area contributed by atoms with Crippen molar-refractivity contribution < 1.29 is 9.13 Å². The summed E-state index contributed by atoms with van der Waals surface area (Å²) in [7, 11) is 1.51. The number of ether oxygens (including phenoxy) is 1. The summed E-state index contributed by atoms with van der Waals surface area (Å²) in [6.07, 6.45) is 1.69. The standard InChI is InChI=1S/C10H8FNOS/c1-13-9-5-7(4-8(11)6-9)10-12-2-3-14-10/h2-6H,1H3. The van der Waals surface area contributed by atoms with Crippen molar-refractivity contribution in [1.82, 2.24) is 4.98 Å². The zero-order valence-corrected chi connectivity index (χ0v) is 8.34. The lowest BCUT2D eigenvalue weighted by Gasteiger charge is -2.02. The largest absolute Gasteiger partial charge is 0.497 e. The van der Waals surface area contributed by atoms with E-state index in [9.17, 15) is 4.39 Å². The van der Waals surface area contributed by atoms with Crippen LogP contribution in [0.5, 0.6) is 5.75 Å². The zero-order chi connectivity index (χ0) is 9.97. The first-order valence-corrected chi connectivity index (χ1v) is 4.92. The van der Waals surface area contributed by atoms with Gasteiger partial charge in [-0.1, -0.05) is 0 Å². The van der Waals surface area contributed by atoms with Gasteiger partial charge < -0.3 is 4.74 Å². The molecule has 0 radical (unpaired) electrons. The van der Waals surface area contributed by atoms with Gasteiger partial charge in [-0.15, -0.1) is 11.3 Å². The van der Waals surface area contributed by atoms with Crippen molar-refractivity contribution >= 4 is 11.3 Å². The fourth-order valence-corrected chi connectivity index (χ4v) is 1.80. The Balaban J connectivity index is 2.48. The summed E-state index contributed by atoms with van der Waals surface area (Å²) < 4.78 is 18.1. The van der Waals surface area contributed by atoms with E-state index in [2.05, 4.69) is 4.98 Å². The first-order valence-electron chi connectivity index (χ1n) is 4.04. The second-order valence-corrected chi connectivity index (χ2v) is 3.61. The normalized spacial score (nSPS) is 10.1. The highest BCUT2D eigenvalue weighted by atomic mass is 32.1. The first kappa shape index (κ1) is 9.15. The van der Waals surface area contributed by atoms with Crippen LogP contribution in [0, 0.1) is 5.82 Å². The summed E-state index contributed by atoms with van der Waals surface area (Å²) in [5, 5.41) is 2.65. The van der Waals surface area contributed by atoms with Crippen molar-refractivity contribution in [2.24, 2.45) is 0 Å². The van der Waals surface area contributed by atoms with Gasteiger partial charge in [0.2, 0.25) is 0 Å². The quantitative estimate of drug-likeness (QED) is 0.758. The molecular formula is C10H8FNOS. The molecule has 0 fully saturated rings. The molecule has 0 saturated heterocycles. The number of hydrogen-bond donors (Lipinski definition) is 0. The molecule has 0 bridgehead atoms. The van der Waals surface area contributed by atoms with Crippen molar-refractivity contribution in [3.63, 3.8) is 0 Å². The van der Waals surface area contributed by atoms with Crippen LogP contribution in [0.3, 0.4) is 0 Å². The van der Waals surface area contributed by atoms with Gasteiger partial charge in [0.1, 0.15) is 16.6 Å². The molecule has 2 nitrogen and oxygen atoms in total. The Morgan fingerprint density at radius 3 is 2.86 bits per heavy atom. The monoisotopic (exact) mass is 209 g/mol. The van der Waals surface area contributed by atoms with Crippen molar-refractivity contribution in [2.75, 3.05) is 7.11 Å². The van der Waals surface area contributed by atoms with Crippen LogP contribution < -0.4 is 4.74 Å². The molecule has 1 aromatic heterocycles. The Labute approximate surface area is 85.0 Å². The smallest absolute Gasteiger partial charge is 0.127 e. The summed E-state index contributed by atoms with van der Waals surface area (Å²) >= 11 is 1.47. The van der Waals surface area contributed by atoms with Crippen LogP contribution in [0.4, 0.5) is 4.39 Å². The molecule has 0 saturated carbocycles. The molecule has 0 aliphatic heterocycles. The lowest BCUT2D eigenvalue weighted by molar-refractivity contribution is 0.411. The second-order valence-electron chi connectivity index (χ2n) is 2.72. The van der Waals surface area contributed by atoms with Gasteiger partial charge in [0.25, 0.3) is 0 Å². The molecule has 2 rings (SSSR count). The van der Waals surface area contributed by atoms with Crippen LogP contribution in [-0.4, -0.2) is 12.1 Å². The third kappa shape index (κ3) is 1.75. The predicted octanol–water partition coefficient (Wildman–Crippen LogP) is 2.96. The Bertz CT molecular complexity index is 428. The number of methoxy groups -OCH3 is 1. The molecule has 14 heavy (non-hydrogen) atoms. The maximum atomic E-state index is 13.1. The van der Waals surface area contributed by atoms with Crippen LogP contribution in [0.15, 0.2) is 29.8 Å². The highest BCUT2D eigenvalue weighted by Gasteiger charge is 2.04. The van der Waals surface area contributed by atoms with Gasteiger partial charge in [-0.2, -0.15) is 0 Å². The van der Waals surface area contributed by atoms with E-state index in [-0.39, 0.29) is 5.82 Å². The van der Waals surface area contributed by atoms with Gasteiger partial charge in [0.15, 0.2) is 0 Å². The lowest BCUT2D eigenvalue weighted by atomic mass is 10.2. The van der Waals surface area contributed by atoms with Gasteiger partial charge >= 0.3 is 0 Å². The maximum Gasteiger partial charge on any atom is 0.127 e. The Morgan fingerprint density at radius 2 is 2.21 bits per heavy atom. The second kappa shape index (κ2) is 3.75. The minimum absolute atomic E-state index is 0.311. The number of rotatable bonds is 2. The van der Waals surface area contributed by atoms with E-state index >= 15 is 0 Å². The van der Waals surface area contributed by atoms with Gasteiger partial charge in [0.05, 0.1) is 7.11 Å². The molecule has 0 aliphatic rings. The highest BCUT2D eigenvalue weighted by molar-refractivity contribution is 7.13. The molecule has 0 unspecified atom stereocenters. The van der Waals surface area contributed by atoms with Crippen LogP contribution in [0.25, 0.3) is 10.6 Å². The SMILES string of the molecule is COc1cc(F)cc(-c2nccs2)c1.